The lowest BCUT2D eigenvalue weighted by atomic mass is 9.96. The summed E-state index contributed by atoms with van der Waals surface area (Å²) in [6.45, 7) is 0. The first-order valence-electron chi connectivity index (χ1n) is 5.35. The fourth-order valence-electron chi connectivity index (χ4n) is 1.89. The van der Waals surface area contributed by atoms with Crippen LogP contribution in [0.3, 0.4) is 0 Å². The fourth-order valence-corrected chi connectivity index (χ4v) is 2.65. The third-order valence-corrected chi connectivity index (χ3v) is 3.69. The molecule has 0 atom stereocenters. The summed E-state index contributed by atoms with van der Waals surface area (Å²) in [5.41, 5.74) is 0. The summed E-state index contributed by atoms with van der Waals surface area (Å²) in [6.07, 6.45) is 2.20. The Balaban J connectivity index is 1.97. The minimum atomic E-state index is -4.27. The van der Waals surface area contributed by atoms with Gasteiger partial charge in [-0.15, -0.1) is 0 Å². The predicted octanol–water partition coefficient (Wildman–Crippen LogP) is 3.91. The molecule has 0 radical (unpaired) electrons. The minimum Gasteiger partial charge on any atom is -0.359 e. The molecule has 0 unspecified atom stereocenters. The number of hydrogen-bond acceptors (Lipinski definition) is 3. The number of thiazole rings is 1. The minimum absolute atomic E-state index is 0.293. The topological polar surface area (TPSA) is 24.9 Å². The number of alkyl halides is 3. The fraction of sp³-hybridized carbons (Fsp3) is 0.700. The molecule has 0 aromatic carbocycles. The van der Waals surface area contributed by atoms with Gasteiger partial charge in [0.1, 0.15) is 4.88 Å². The van der Waals surface area contributed by atoms with Crippen molar-refractivity contribution in [2.45, 2.75) is 44.3 Å². The molecule has 2 rings (SSSR count). The van der Waals surface area contributed by atoms with E-state index in [4.69, 9.17) is 0 Å². The van der Waals surface area contributed by atoms with Gasteiger partial charge in [0.25, 0.3) is 0 Å². The van der Waals surface area contributed by atoms with Gasteiger partial charge >= 0.3 is 6.18 Å². The lowest BCUT2D eigenvalue weighted by Gasteiger charge is -2.22. The van der Waals surface area contributed by atoms with Crippen LogP contribution in [0.15, 0.2) is 6.20 Å². The Morgan fingerprint density at radius 2 is 1.94 bits per heavy atom. The molecule has 6 heteroatoms. The predicted molar refractivity (Wildman–Crippen MR) is 57.6 cm³/mol. The maximum Gasteiger partial charge on any atom is 0.427 e. The Kier molecular flexibility index (Phi) is 3.37. The van der Waals surface area contributed by atoms with Gasteiger partial charge in [0.15, 0.2) is 5.13 Å². The van der Waals surface area contributed by atoms with E-state index < -0.39 is 11.1 Å². The number of halogens is 3. The van der Waals surface area contributed by atoms with E-state index in [1.54, 1.807) is 0 Å². The van der Waals surface area contributed by atoms with Crippen LogP contribution in [0.4, 0.5) is 18.3 Å². The third-order valence-electron chi connectivity index (χ3n) is 2.72. The highest BCUT2D eigenvalue weighted by Crippen LogP contribution is 2.35. The Labute approximate surface area is 95.9 Å². The molecule has 1 heterocycles. The van der Waals surface area contributed by atoms with Crippen LogP contribution in [0, 0.1) is 0 Å². The average molecular weight is 250 g/mol. The van der Waals surface area contributed by atoms with Crippen molar-refractivity contribution in [2.24, 2.45) is 0 Å². The van der Waals surface area contributed by atoms with Gasteiger partial charge in [0.05, 0.1) is 6.20 Å². The van der Waals surface area contributed by atoms with Crippen LogP contribution >= 0.6 is 11.3 Å². The second-order valence-corrected chi connectivity index (χ2v) is 5.04. The van der Waals surface area contributed by atoms with Crippen LogP contribution < -0.4 is 5.32 Å². The zero-order valence-corrected chi connectivity index (χ0v) is 9.50. The normalized spacial score (nSPS) is 18.7. The number of rotatable bonds is 2. The van der Waals surface area contributed by atoms with Gasteiger partial charge in [-0.25, -0.2) is 4.98 Å². The van der Waals surface area contributed by atoms with E-state index in [9.17, 15) is 13.2 Å². The molecule has 0 amide bonds. The second kappa shape index (κ2) is 4.61. The Morgan fingerprint density at radius 3 is 2.50 bits per heavy atom. The molecule has 1 aliphatic carbocycles. The van der Waals surface area contributed by atoms with Crippen LogP contribution in [-0.4, -0.2) is 11.0 Å². The highest BCUT2D eigenvalue weighted by atomic mass is 32.1. The third kappa shape index (κ3) is 2.87. The van der Waals surface area contributed by atoms with Crippen LogP contribution in [0.1, 0.15) is 37.0 Å². The molecular formula is C10H13F3N2S. The molecule has 1 saturated carbocycles. The van der Waals surface area contributed by atoms with Crippen LogP contribution in [0.5, 0.6) is 0 Å². The molecule has 2 nitrogen and oxygen atoms in total. The molecule has 1 aliphatic rings. The number of aromatic nitrogens is 1. The summed E-state index contributed by atoms with van der Waals surface area (Å²) in [7, 11) is 0. The standard InChI is InChI=1S/C10H13F3N2S/c11-10(12,13)8-6-14-9(16-8)15-7-4-2-1-3-5-7/h6-7H,1-5H2,(H,14,15). The van der Waals surface area contributed by atoms with Crippen LogP contribution in [0.25, 0.3) is 0 Å². The average Bonchev–Trinajstić information content (AvgIpc) is 2.67. The van der Waals surface area contributed by atoms with E-state index in [0.717, 1.165) is 31.9 Å². The van der Waals surface area contributed by atoms with E-state index in [0.29, 0.717) is 22.5 Å². The molecule has 90 valence electrons. The molecule has 0 saturated heterocycles. The highest BCUT2D eigenvalue weighted by Gasteiger charge is 2.33. The Hall–Kier alpha value is -0.780. The van der Waals surface area contributed by atoms with Gasteiger partial charge in [-0.3, -0.25) is 0 Å². The highest BCUT2D eigenvalue weighted by molar-refractivity contribution is 7.15. The van der Waals surface area contributed by atoms with Crippen molar-refractivity contribution >= 4 is 16.5 Å². The van der Waals surface area contributed by atoms with Crippen LogP contribution in [0.2, 0.25) is 0 Å². The lowest BCUT2D eigenvalue weighted by Crippen LogP contribution is -2.21. The summed E-state index contributed by atoms with van der Waals surface area (Å²) in [5.74, 6) is 0. The molecular weight excluding hydrogens is 237 g/mol. The van der Waals surface area contributed by atoms with Crippen molar-refractivity contribution in [1.82, 2.24) is 4.98 Å². The van der Waals surface area contributed by atoms with Crippen molar-refractivity contribution in [3.63, 3.8) is 0 Å². The molecule has 0 spiro atoms. The maximum absolute atomic E-state index is 12.3. The molecule has 16 heavy (non-hydrogen) atoms. The van der Waals surface area contributed by atoms with Crippen molar-refractivity contribution in [1.29, 1.82) is 0 Å². The molecule has 1 fully saturated rings. The van der Waals surface area contributed by atoms with E-state index in [1.807, 2.05) is 0 Å². The first kappa shape index (κ1) is 11.7. The monoisotopic (exact) mass is 250 g/mol. The number of hydrogen-bond donors (Lipinski definition) is 1. The summed E-state index contributed by atoms with van der Waals surface area (Å²) in [4.78, 5) is 3.13. The van der Waals surface area contributed by atoms with Gasteiger partial charge in [0.2, 0.25) is 0 Å². The first-order valence-corrected chi connectivity index (χ1v) is 6.17. The van der Waals surface area contributed by atoms with Gasteiger partial charge < -0.3 is 5.32 Å². The van der Waals surface area contributed by atoms with E-state index in [-0.39, 0.29) is 0 Å². The molecule has 1 aromatic heterocycles. The summed E-state index contributed by atoms with van der Waals surface area (Å²) < 4.78 is 37.0. The van der Waals surface area contributed by atoms with Crippen molar-refractivity contribution < 1.29 is 13.2 Å². The summed E-state index contributed by atoms with van der Waals surface area (Å²) in [6, 6.07) is 0.293. The molecule has 1 N–H and O–H groups in total. The number of nitrogens with one attached hydrogen (secondary N) is 1. The summed E-state index contributed by atoms with van der Waals surface area (Å²) in [5, 5.41) is 3.47. The number of nitrogens with zero attached hydrogens (tertiary/aromatic N) is 1. The van der Waals surface area contributed by atoms with Gasteiger partial charge in [-0.1, -0.05) is 30.6 Å². The first-order chi connectivity index (χ1) is 7.55. The van der Waals surface area contributed by atoms with Gasteiger partial charge in [0, 0.05) is 6.04 Å². The number of anilines is 1. The van der Waals surface area contributed by atoms with E-state index in [2.05, 4.69) is 10.3 Å². The summed E-state index contributed by atoms with van der Waals surface area (Å²) >= 11 is 0.686. The quantitative estimate of drug-likeness (QED) is 0.860. The van der Waals surface area contributed by atoms with Gasteiger partial charge in [-0.2, -0.15) is 13.2 Å². The van der Waals surface area contributed by atoms with E-state index in [1.165, 1.54) is 6.42 Å². The van der Waals surface area contributed by atoms with Crippen molar-refractivity contribution in [2.75, 3.05) is 5.32 Å². The zero-order valence-electron chi connectivity index (χ0n) is 8.68. The largest absolute Gasteiger partial charge is 0.427 e. The second-order valence-electron chi connectivity index (χ2n) is 4.01. The van der Waals surface area contributed by atoms with Crippen molar-refractivity contribution in [3.8, 4) is 0 Å². The SMILES string of the molecule is FC(F)(F)c1cnc(NC2CCCCC2)s1. The van der Waals surface area contributed by atoms with E-state index >= 15 is 0 Å². The van der Waals surface area contributed by atoms with Crippen LogP contribution in [-0.2, 0) is 6.18 Å². The van der Waals surface area contributed by atoms with Gasteiger partial charge in [-0.05, 0) is 12.8 Å². The Morgan fingerprint density at radius 1 is 1.25 bits per heavy atom. The smallest absolute Gasteiger partial charge is 0.359 e. The van der Waals surface area contributed by atoms with Crippen molar-refractivity contribution in [3.05, 3.63) is 11.1 Å². The Bertz CT molecular complexity index is 342. The maximum atomic E-state index is 12.3. The molecule has 0 aliphatic heterocycles. The molecule has 0 bridgehead atoms. The lowest BCUT2D eigenvalue weighted by molar-refractivity contribution is -0.134. The molecule has 1 aromatic rings. The zero-order chi connectivity index (χ0) is 11.6.